The third-order valence-electron chi connectivity index (χ3n) is 4.18. The highest BCUT2D eigenvalue weighted by atomic mass is 35.5. The van der Waals surface area contributed by atoms with Crippen LogP contribution in [0.4, 0.5) is 10.5 Å². The molecule has 1 fully saturated rings. The fourth-order valence-electron chi connectivity index (χ4n) is 2.93. The van der Waals surface area contributed by atoms with Gasteiger partial charge in [0.05, 0.1) is 5.69 Å². The lowest BCUT2D eigenvalue weighted by molar-refractivity contribution is 0.222. The van der Waals surface area contributed by atoms with Crippen LogP contribution >= 0.6 is 11.6 Å². The number of nitrogens with zero attached hydrogens (tertiary/aromatic N) is 1. The first-order chi connectivity index (χ1) is 10.5. The van der Waals surface area contributed by atoms with Crippen molar-refractivity contribution in [2.45, 2.75) is 32.7 Å². The Balaban J connectivity index is 1.94. The summed E-state index contributed by atoms with van der Waals surface area (Å²) < 4.78 is 5.90. The van der Waals surface area contributed by atoms with E-state index in [-0.39, 0.29) is 12.1 Å². The molecule has 3 N–H and O–H groups in total. The smallest absolute Gasteiger partial charge is 0.322 e. The molecule has 1 aliphatic rings. The number of benzene rings is 1. The maximum Gasteiger partial charge on any atom is 0.322 e. The fraction of sp³-hybridized carbons (Fsp3) is 0.438. The van der Waals surface area contributed by atoms with Crippen molar-refractivity contribution < 1.29 is 9.21 Å². The summed E-state index contributed by atoms with van der Waals surface area (Å²) in [5.41, 5.74) is 8.20. The van der Waals surface area contributed by atoms with Gasteiger partial charge in [0.1, 0.15) is 5.76 Å². The second-order valence-corrected chi connectivity index (χ2v) is 6.20. The molecule has 0 saturated carbocycles. The first-order valence-electron chi connectivity index (χ1n) is 7.52. The molecule has 2 amide bonds. The van der Waals surface area contributed by atoms with Gasteiger partial charge in [0, 0.05) is 36.0 Å². The zero-order valence-corrected chi connectivity index (χ0v) is 13.5. The van der Waals surface area contributed by atoms with Gasteiger partial charge in [-0.1, -0.05) is 18.5 Å². The zero-order valence-electron chi connectivity index (χ0n) is 12.8. The SMILES string of the molecule is CCc1oc2c(NC(=O)N3CCC(N)C3)cc(Cl)cc2c1C. The number of hydrogen-bond donors (Lipinski definition) is 2. The molecule has 1 atom stereocenters. The Kier molecular flexibility index (Phi) is 4.02. The quantitative estimate of drug-likeness (QED) is 0.889. The first-order valence-corrected chi connectivity index (χ1v) is 7.90. The molecule has 0 aliphatic carbocycles. The van der Waals surface area contributed by atoms with Crippen LogP contribution in [-0.2, 0) is 6.42 Å². The number of halogens is 1. The Morgan fingerprint density at radius 2 is 2.32 bits per heavy atom. The Morgan fingerprint density at radius 3 is 2.95 bits per heavy atom. The predicted molar refractivity (Wildman–Crippen MR) is 88.5 cm³/mol. The molecule has 1 aliphatic heterocycles. The van der Waals surface area contributed by atoms with E-state index in [4.69, 9.17) is 21.8 Å². The minimum absolute atomic E-state index is 0.0580. The third kappa shape index (κ3) is 2.66. The zero-order chi connectivity index (χ0) is 15.9. The van der Waals surface area contributed by atoms with Crippen molar-refractivity contribution in [3.63, 3.8) is 0 Å². The summed E-state index contributed by atoms with van der Waals surface area (Å²) in [7, 11) is 0. The molecule has 118 valence electrons. The molecule has 6 heteroatoms. The molecule has 0 spiro atoms. The van der Waals surface area contributed by atoms with Crippen LogP contribution in [0, 0.1) is 6.92 Å². The number of furan rings is 1. The van der Waals surface area contributed by atoms with E-state index in [0.29, 0.717) is 29.4 Å². The van der Waals surface area contributed by atoms with Gasteiger partial charge in [0.25, 0.3) is 0 Å². The van der Waals surface area contributed by atoms with Crippen molar-refractivity contribution in [1.29, 1.82) is 0 Å². The van der Waals surface area contributed by atoms with Gasteiger partial charge in [0.2, 0.25) is 0 Å². The number of carbonyl (C=O) groups excluding carboxylic acids is 1. The van der Waals surface area contributed by atoms with Crippen molar-refractivity contribution in [2.75, 3.05) is 18.4 Å². The van der Waals surface area contributed by atoms with Crippen molar-refractivity contribution in [3.05, 3.63) is 28.5 Å². The Hall–Kier alpha value is -1.72. The Bertz CT molecular complexity index is 726. The second kappa shape index (κ2) is 5.82. The van der Waals surface area contributed by atoms with Crippen molar-refractivity contribution in [2.24, 2.45) is 5.73 Å². The molecule has 1 aromatic heterocycles. The minimum atomic E-state index is -0.163. The monoisotopic (exact) mass is 321 g/mol. The van der Waals surface area contributed by atoms with Crippen molar-refractivity contribution in [3.8, 4) is 0 Å². The van der Waals surface area contributed by atoms with Gasteiger partial charge in [-0.25, -0.2) is 4.79 Å². The van der Waals surface area contributed by atoms with E-state index < -0.39 is 0 Å². The van der Waals surface area contributed by atoms with E-state index in [2.05, 4.69) is 5.32 Å². The van der Waals surface area contributed by atoms with Gasteiger partial charge < -0.3 is 20.4 Å². The van der Waals surface area contributed by atoms with E-state index in [1.54, 1.807) is 11.0 Å². The highest BCUT2D eigenvalue weighted by Crippen LogP contribution is 2.34. The van der Waals surface area contributed by atoms with E-state index >= 15 is 0 Å². The largest absolute Gasteiger partial charge is 0.459 e. The van der Waals surface area contributed by atoms with E-state index in [1.807, 2.05) is 19.9 Å². The molecular weight excluding hydrogens is 302 g/mol. The summed E-state index contributed by atoms with van der Waals surface area (Å²) in [6.07, 6.45) is 1.63. The molecule has 1 aromatic carbocycles. The van der Waals surface area contributed by atoms with Crippen LogP contribution < -0.4 is 11.1 Å². The molecule has 2 heterocycles. The number of nitrogens with one attached hydrogen (secondary N) is 1. The summed E-state index contributed by atoms with van der Waals surface area (Å²) in [5.74, 6) is 0.913. The standard InChI is InChI=1S/C16H20ClN3O2/c1-3-14-9(2)12-6-10(17)7-13(15(12)22-14)19-16(21)20-5-4-11(18)8-20/h6-7,11H,3-5,8,18H2,1-2H3,(H,19,21). The number of anilines is 1. The van der Waals surface area contributed by atoms with Gasteiger partial charge in [-0.2, -0.15) is 0 Å². The van der Waals surface area contributed by atoms with Crippen LogP contribution in [0.2, 0.25) is 5.02 Å². The fourth-order valence-corrected chi connectivity index (χ4v) is 3.15. The van der Waals surface area contributed by atoms with Gasteiger partial charge >= 0.3 is 6.03 Å². The van der Waals surface area contributed by atoms with E-state index in [0.717, 1.165) is 29.6 Å². The number of hydrogen-bond acceptors (Lipinski definition) is 3. The number of urea groups is 1. The number of rotatable bonds is 2. The van der Waals surface area contributed by atoms with Gasteiger partial charge in [-0.05, 0) is 31.0 Å². The Morgan fingerprint density at radius 1 is 1.55 bits per heavy atom. The molecule has 0 bridgehead atoms. The van der Waals surface area contributed by atoms with Gasteiger partial charge in [-0.15, -0.1) is 0 Å². The maximum atomic E-state index is 12.4. The van der Waals surface area contributed by atoms with Crippen LogP contribution in [0.5, 0.6) is 0 Å². The number of carbonyl (C=O) groups is 1. The normalized spacial score (nSPS) is 18.2. The maximum absolute atomic E-state index is 12.4. The van der Waals surface area contributed by atoms with E-state index in [9.17, 15) is 4.79 Å². The number of fused-ring (bicyclic) bond motifs is 1. The molecule has 22 heavy (non-hydrogen) atoms. The van der Waals surface area contributed by atoms with Crippen molar-refractivity contribution >= 4 is 34.3 Å². The minimum Gasteiger partial charge on any atom is -0.459 e. The predicted octanol–water partition coefficient (Wildman–Crippen LogP) is 3.52. The highest BCUT2D eigenvalue weighted by molar-refractivity contribution is 6.32. The third-order valence-corrected chi connectivity index (χ3v) is 4.39. The molecule has 1 unspecified atom stereocenters. The summed E-state index contributed by atoms with van der Waals surface area (Å²) in [5, 5.41) is 4.42. The topological polar surface area (TPSA) is 71.5 Å². The lowest BCUT2D eigenvalue weighted by atomic mass is 10.1. The summed E-state index contributed by atoms with van der Waals surface area (Å²) in [6.45, 7) is 5.29. The lowest BCUT2D eigenvalue weighted by Gasteiger charge is -2.17. The number of likely N-dealkylation sites (tertiary alicyclic amines) is 1. The van der Waals surface area contributed by atoms with Crippen LogP contribution in [-0.4, -0.2) is 30.1 Å². The summed E-state index contributed by atoms with van der Waals surface area (Å²) >= 11 is 6.19. The second-order valence-electron chi connectivity index (χ2n) is 5.76. The number of amides is 2. The molecule has 3 rings (SSSR count). The van der Waals surface area contributed by atoms with E-state index in [1.165, 1.54) is 0 Å². The first kappa shape index (κ1) is 15.2. The molecule has 1 saturated heterocycles. The van der Waals surface area contributed by atoms with Gasteiger partial charge in [0.15, 0.2) is 5.58 Å². The summed E-state index contributed by atoms with van der Waals surface area (Å²) in [6, 6.07) is 3.49. The van der Waals surface area contributed by atoms with Crippen LogP contribution in [0.15, 0.2) is 16.5 Å². The molecular formula is C16H20ClN3O2. The van der Waals surface area contributed by atoms with Crippen LogP contribution in [0.1, 0.15) is 24.7 Å². The summed E-state index contributed by atoms with van der Waals surface area (Å²) in [4.78, 5) is 14.1. The Labute approximate surface area is 134 Å². The number of nitrogens with two attached hydrogens (primary N) is 1. The highest BCUT2D eigenvalue weighted by Gasteiger charge is 2.24. The van der Waals surface area contributed by atoms with Crippen molar-refractivity contribution in [1.82, 2.24) is 4.90 Å². The molecule has 2 aromatic rings. The van der Waals surface area contributed by atoms with Gasteiger partial charge in [-0.3, -0.25) is 0 Å². The molecule has 5 nitrogen and oxygen atoms in total. The van der Waals surface area contributed by atoms with Crippen LogP contribution in [0.25, 0.3) is 11.0 Å². The molecule has 0 radical (unpaired) electrons. The average molecular weight is 322 g/mol. The van der Waals surface area contributed by atoms with Crippen LogP contribution in [0.3, 0.4) is 0 Å². The number of aryl methyl sites for hydroxylation is 2. The average Bonchev–Trinajstić information content (AvgIpc) is 3.04. The lowest BCUT2D eigenvalue weighted by Crippen LogP contribution is -2.35.